The van der Waals surface area contributed by atoms with Gasteiger partial charge >= 0.3 is 11.5 Å². The van der Waals surface area contributed by atoms with E-state index in [-0.39, 0.29) is 12.2 Å². The van der Waals surface area contributed by atoms with Crippen molar-refractivity contribution in [2.45, 2.75) is 19.9 Å². The van der Waals surface area contributed by atoms with Gasteiger partial charge in [-0.05, 0) is 38.9 Å². The maximum atomic E-state index is 11.7. The van der Waals surface area contributed by atoms with Crippen LogP contribution in [0.5, 0.6) is 0 Å². The summed E-state index contributed by atoms with van der Waals surface area (Å²) in [5, 5.41) is 27.8. The molecule has 1 N–H and O–H groups in total. The van der Waals surface area contributed by atoms with E-state index in [2.05, 4.69) is 10.4 Å². The molecular formula is C11H18N6O5. The van der Waals surface area contributed by atoms with Gasteiger partial charge in [-0.1, -0.05) is 0 Å². The molecular weight excluding hydrogens is 296 g/mol. The molecule has 0 atom stereocenters. The summed E-state index contributed by atoms with van der Waals surface area (Å²) in [6.07, 6.45) is 0.747. The van der Waals surface area contributed by atoms with Gasteiger partial charge in [0, 0.05) is 6.54 Å². The molecule has 22 heavy (non-hydrogen) atoms. The second-order valence-corrected chi connectivity index (χ2v) is 4.94. The summed E-state index contributed by atoms with van der Waals surface area (Å²) < 4.78 is 0.970. The minimum absolute atomic E-state index is 0.0276. The average molecular weight is 314 g/mol. The third-order valence-corrected chi connectivity index (χ3v) is 2.91. The largest absolute Gasteiger partial charge is 0.468 e. The fourth-order valence-electron chi connectivity index (χ4n) is 1.83. The number of nitro groups is 2. The third kappa shape index (κ3) is 4.48. The van der Waals surface area contributed by atoms with Gasteiger partial charge < -0.3 is 20.3 Å². The highest BCUT2D eigenvalue weighted by Crippen LogP contribution is 2.28. The lowest BCUT2D eigenvalue weighted by Crippen LogP contribution is -2.30. The van der Waals surface area contributed by atoms with Crippen LogP contribution in [-0.4, -0.2) is 57.6 Å². The van der Waals surface area contributed by atoms with Crippen molar-refractivity contribution < 1.29 is 14.6 Å². The zero-order chi connectivity index (χ0) is 16.9. The Labute approximate surface area is 126 Å². The molecule has 11 nitrogen and oxygen atoms in total. The molecule has 1 aromatic heterocycles. The first-order chi connectivity index (χ1) is 10.2. The predicted octanol–water partition coefficient (Wildman–Crippen LogP) is 0.0758. The Bertz CT molecular complexity index is 582. The summed E-state index contributed by atoms with van der Waals surface area (Å²) in [4.78, 5) is 33.5. The van der Waals surface area contributed by atoms with Crippen LogP contribution >= 0.6 is 0 Å². The lowest BCUT2D eigenvalue weighted by Gasteiger charge is -2.09. The molecule has 0 aliphatic carbocycles. The van der Waals surface area contributed by atoms with E-state index in [1.165, 1.54) is 6.92 Å². The van der Waals surface area contributed by atoms with Crippen molar-refractivity contribution in [2.24, 2.45) is 0 Å². The van der Waals surface area contributed by atoms with Crippen LogP contribution in [0, 0.1) is 27.2 Å². The number of carbonyl (C=O) groups is 1. The maximum Gasteiger partial charge on any atom is 0.468 e. The standard InChI is InChI=1S/C11H18N6O5/c1-8-10(16(19)20)11(17(21)22)13-15(8)7-9(18)12-5-4-6-14(2)3/h4-7H2,1-3H3,(H,12,18). The van der Waals surface area contributed by atoms with Gasteiger partial charge in [0.2, 0.25) is 5.91 Å². The van der Waals surface area contributed by atoms with Gasteiger partial charge in [0.15, 0.2) is 0 Å². The normalized spacial score (nSPS) is 10.7. The number of rotatable bonds is 8. The highest BCUT2D eigenvalue weighted by atomic mass is 16.6. The first-order valence-corrected chi connectivity index (χ1v) is 6.51. The number of carbonyl (C=O) groups excluding carboxylic acids is 1. The van der Waals surface area contributed by atoms with E-state index in [0.717, 1.165) is 17.6 Å². The highest BCUT2D eigenvalue weighted by molar-refractivity contribution is 5.76. The summed E-state index contributed by atoms with van der Waals surface area (Å²) in [5.41, 5.74) is -0.717. The Morgan fingerprint density at radius 1 is 1.32 bits per heavy atom. The summed E-state index contributed by atoms with van der Waals surface area (Å²) >= 11 is 0. The molecule has 0 aliphatic heterocycles. The quantitative estimate of drug-likeness (QED) is 0.407. The van der Waals surface area contributed by atoms with Gasteiger partial charge in [-0.2, -0.15) is 4.68 Å². The van der Waals surface area contributed by atoms with Crippen LogP contribution in [0.3, 0.4) is 0 Å². The molecule has 0 bridgehead atoms. The molecule has 1 rings (SSSR count). The monoisotopic (exact) mass is 314 g/mol. The van der Waals surface area contributed by atoms with Crippen molar-refractivity contribution in [1.29, 1.82) is 0 Å². The zero-order valence-electron chi connectivity index (χ0n) is 12.6. The summed E-state index contributed by atoms with van der Waals surface area (Å²) in [6, 6.07) is 0. The molecule has 0 saturated carbocycles. The SMILES string of the molecule is Cc1c([N+](=O)[O-])c([N+](=O)[O-])nn1CC(=O)NCCCN(C)C. The van der Waals surface area contributed by atoms with Crippen molar-refractivity contribution in [3.8, 4) is 0 Å². The Morgan fingerprint density at radius 2 is 1.95 bits per heavy atom. The van der Waals surface area contributed by atoms with Gasteiger partial charge in [0.25, 0.3) is 0 Å². The molecule has 1 amide bonds. The van der Waals surface area contributed by atoms with Crippen LogP contribution in [0.2, 0.25) is 0 Å². The molecule has 122 valence electrons. The summed E-state index contributed by atoms with van der Waals surface area (Å²) in [7, 11) is 3.82. The van der Waals surface area contributed by atoms with Crippen molar-refractivity contribution >= 4 is 17.4 Å². The van der Waals surface area contributed by atoms with E-state index in [1.54, 1.807) is 0 Å². The van der Waals surface area contributed by atoms with Crippen molar-refractivity contribution in [3.63, 3.8) is 0 Å². The minimum Gasteiger partial charge on any atom is -0.358 e. The van der Waals surface area contributed by atoms with E-state index in [4.69, 9.17) is 0 Å². The van der Waals surface area contributed by atoms with E-state index >= 15 is 0 Å². The van der Waals surface area contributed by atoms with Gasteiger partial charge in [0.05, 0.1) is 10.0 Å². The molecule has 0 fully saturated rings. The molecule has 0 spiro atoms. The average Bonchev–Trinajstić information content (AvgIpc) is 2.72. The number of nitrogens with one attached hydrogen (secondary N) is 1. The third-order valence-electron chi connectivity index (χ3n) is 2.91. The minimum atomic E-state index is -0.934. The van der Waals surface area contributed by atoms with E-state index in [9.17, 15) is 25.0 Å². The smallest absolute Gasteiger partial charge is 0.358 e. The van der Waals surface area contributed by atoms with Crippen molar-refractivity contribution in [1.82, 2.24) is 20.0 Å². The Balaban J connectivity index is 2.73. The second-order valence-electron chi connectivity index (χ2n) is 4.94. The lowest BCUT2D eigenvalue weighted by atomic mass is 10.3. The number of nitrogens with zero attached hydrogens (tertiary/aromatic N) is 5. The van der Waals surface area contributed by atoms with Gasteiger partial charge in [0.1, 0.15) is 12.2 Å². The summed E-state index contributed by atoms with van der Waals surface area (Å²) in [6.45, 7) is 2.26. The molecule has 0 aliphatic rings. The molecule has 0 saturated heterocycles. The molecule has 0 unspecified atom stereocenters. The fourth-order valence-corrected chi connectivity index (χ4v) is 1.83. The van der Waals surface area contributed by atoms with Crippen molar-refractivity contribution in [3.05, 3.63) is 25.9 Å². The van der Waals surface area contributed by atoms with Gasteiger partial charge in [-0.15, -0.1) is 0 Å². The van der Waals surface area contributed by atoms with Crippen molar-refractivity contribution in [2.75, 3.05) is 27.2 Å². The number of hydrogen-bond acceptors (Lipinski definition) is 7. The van der Waals surface area contributed by atoms with Gasteiger partial charge in [-0.25, -0.2) is 0 Å². The van der Waals surface area contributed by atoms with Crippen LogP contribution in [0.1, 0.15) is 12.1 Å². The van der Waals surface area contributed by atoms with E-state index in [0.29, 0.717) is 6.54 Å². The lowest BCUT2D eigenvalue weighted by molar-refractivity contribution is -0.424. The zero-order valence-corrected chi connectivity index (χ0v) is 12.6. The maximum absolute atomic E-state index is 11.7. The number of amides is 1. The molecule has 1 heterocycles. The first kappa shape index (κ1) is 17.5. The molecule has 11 heteroatoms. The molecule has 0 aromatic carbocycles. The number of hydrogen-bond donors (Lipinski definition) is 1. The molecule has 1 aromatic rings. The Morgan fingerprint density at radius 3 is 2.41 bits per heavy atom. The van der Waals surface area contributed by atoms with Crippen LogP contribution in [0.4, 0.5) is 11.5 Å². The summed E-state index contributed by atoms with van der Waals surface area (Å²) in [5.74, 6) is -1.27. The van der Waals surface area contributed by atoms with Crippen LogP contribution in [0.15, 0.2) is 0 Å². The molecule has 0 radical (unpaired) electrons. The van der Waals surface area contributed by atoms with Gasteiger partial charge in [-0.3, -0.25) is 14.9 Å². The highest BCUT2D eigenvalue weighted by Gasteiger charge is 2.35. The fraction of sp³-hybridized carbons (Fsp3) is 0.636. The topological polar surface area (TPSA) is 136 Å². The van der Waals surface area contributed by atoms with Crippen LogP contribution in [0.25, 0.3) is 0 Å². The van der Waals surface area contributed by atoms with Crippen LogP contribution in [-0.2, 0) is 11.3 Å². The Hall–Kier alpha value is -2.56. The van der Waals surface area contributed by atoms with E-state index in [1.807, 2.05) is 19.0 Å². The first-order valence-electron chi connectivity index (χ1n) is 6.51. The Kier molecular flexibility index (Phi) is 5.92. The van der Waals surface area contributed by atoms with E-state index < -0.39 is 27.3 Å². The number of aromatic nitrogens is 2. The predicted molar refractivity (Wildman–Crippen MR) is 76.5 cm³/mol. The van der Waals surface area contributed by atoms with Crippen LogP contribution < -0.4 is 5.32 Å². The second kappa shape index (κ2) is 7.45.